The van der Waals surface area contributed by atoms with Gasteiger partial charge in [0.1, 0.15) is 0 Å². The molecule has 0 aliphatic carbocycles. The van der Waals surface area contributed by atoms with Crippen molar-refractivity contribution < 1.29 is 15.3 Å². The monoisotopic (exact) mass is 245 g/mol. The average Bonchev–Trinajstić information content (AvgIpc) is 2.62. The van der Waals surface area contributed by atoms with Gasteiger partial charge in [-0.3, -0.25) is 4.90 Å². The fourth-order valence-corrected chi connectivity index (χ4v) is 2.36. The molecule has 1 fully saturated rings. The minimum atomic E-state index is -0.548. The van der Waals surface area contributed by atoms with Crippen molar-refractivity contribution in [2.24, 2.45) is 0 Å². The molecule has 1 saturated heterocycles. The average molecular weight is 245 g/mol. The summed E-state index contributed by atoms with van der Waals surface area (Å²) < 4.78 is 0. The maximum Gasteiger partial charge on any atom is 0.0938 e. The van der Waals surface area contributed by atoms with Crippen LogP contribution < -0.4 is 0 Å². The lowest BCUT2D eigenvalue weighted by Crippen LogP contribution is -2.23. The molecule has 2 unspecified atom stereocenters. The molecule has 1 aliphatic heterocycles. The summed E-state index contributed by atoms with van der Waals surface area (Å²) >= 11 is 0. The molecular weight excluding hydrogens is 218 g/mol. The molecule has 0 saturated carbocycles. The Morgan fingerprint density at radius 2 is 1.24 bits per heavy atom. The zero-order chi connectivity index (χ0) is 12.5. The lowest BCUT2D eigenvalue weighted by atomic mass is 10.1. The van der Waals surface area contributed by atoms with Crippen molar-refractivity contribution in [2.45, 2.75) is 57.2 Å². The molecule has 0 bridgehead atoms. The summed E-state index contributed by atoms with van der Waals surface area (Å²) in [6.07, 6.45) is 7.09. The van der Waals surface area contributed by atoms with Crippen LogP contribution >= 0.6 is 0 Å². The molecule has 1 heterocycles. The van der Waals surface area contributed by atoms with E-state index in [1.807, 2.05) is 0 Å². The van der Waals surface area contributed by atoms with Gasteiger partial charge in [0.2, 0.25) is 0 Å². The molecule has 1 rings (SSSR count). The van der Waals surface area contributed by atoms with Crippen LogP contribution in [0.1, 0.15) is 44.9 Å². The van der Waals surface area contributed by atoms with Crippen molar-refractivity contribution in [3.8, 4) is 0 Å². The number of rotatable bonds is 9. The highest BCUT2D eigenvalue weighted by Crippen LogP contribution is 2.12. The van der Waals surface area contributed by atoms with Crippen LogP contribution in [0.5, 0.6) is 0 Å². The highest BCUT2D eigenvalue weighted by Gasteiger charge is 2.28. The molecule has 0 aromatic heterocycles. The third-order valence-electron chi connectivity index (χ3n) is 3.47. The summed E-state index contributed by atoms with van der Waals surface area (Å²) in [6, 6.07) is 0. The smallest absolute Gasteiger partial charge is 0.0938 e. The minimum absolute atomic E-state index is 0.319. The zero-order valence-corrected chi connectivity index (χ0v) is 10.7. The standard InChI is InChI=1S/C13H27NO3/c15-9-7-5-3-1-2-4-6-8-14-10-12(16)13(17)11-14/h12-13,15-17H,1-11H2. The Morgan fingerprint density at radius 3 is 1.76 bits per heavy atom. The molecule has 0 aromatic carbocycles. The SMILES string of the molecule is OCCCCCCCCCN1CC(O)C(O)C1. The fraction of sp³-hybridized carbons (Fsp3) is 1.00. The summed E-state index contributed by atoms with van der Waals surface area (Å²) in [4.78, 5) is 2.14. The Kier molecular flexibility index (Phi) is 7.77. The van der Waals surface area contributed by atoms with Crippen molar-refractivity contribution in [1.82, 2.24) is 4.90 Å². The summed E-state index contributed by atoms with van der Waals surface area (Å²) in [5.41, 5.74) is 0. The van der Waals surface area contributed by atoms with E-state index in [4.69, 9.17) is 5.11 Å². The number of nitrogens with zero attached hydrogens (tertiary/aromatic N) is 1. The molecule has 0 amide bonds. The maximum absolute atomic E-state index is 9.38. The second-order valence-electron chi connectivity index (χ2n) is 5.09. The van der Waals surface area contributed by atoms with E-state index in [2.05, 4.69) is 4.90 Å². The van der Waals surface area contributed by atoms with E-state index < -0.39 is 12.2 Å². The molecular formula is C13H27NO3. The number of unbranched alkanes of at least 4 members (excludes halogenated alkanes) is 6. The van der Waals surface area contributed by atoms with E-state index in [9.17, 15) is 10.2 Å². The normalized spacial score (nSPS) is 25.6. The third-order valence-corrected chi connectivity index (χ3v) is 3.47. The van der Waals surface area contributed by atoms with E-state index in [0.29, 0.717) is 19.7 Å². The van der Waals surface area contributed by atoms with Crippen LogP contribution in [0.4, 0.5) is 0 Å². The summed E-state index contributed by atoms with van der Waals surface area (Å²) in [5.74, 6) is 0. The van der Waals surface area contributed by atoms with Crippen molar-refractivity contribution in [2.75, 3.05) is 26.2 Å². The Balaban J connectivity index is 1.85. The molecule has 17 heavy (non-hydrogen) atoms. The fourth-order valence-electron chi connectivity index (χ4n) is 2.36. The van der Waals surface area contributed by atoms with Crippen molar-refractivity contribution in [3.63, 3.8) is 0 Å². The van der Waals surface area contributed by atoms with Crippen LogP contribution in [0.3, 0.4) is 0 Å². The van der Waals surface area contributed by atoms with Crippen LogP contribution in [0.15, 0.2) is 0 Å². The molecule has 0 radical (unpaired) electrons. The number of aliphatic hydroxyl groups is 3. The largest absolute Gasteiger partial charge is 0.396 e. The number of likely N-dealkylation sites (tertiary alicyclic amines) is 1. The quantitative estimate of drug-likeness (QED) is 0.524. The number of aliphatic hydroxyl groups excluding tert-OH is 3. The third kappa shape index (κ3) is 6.36. The van der Waals surface area contributed by atoms with Gasteiger partial charge in [0.25, 0.3) is 0 Å². The van der Waals surface area contributed by atoms with Crippen LogP contribution in [0.25, 0.3) is 0 Å². The lowest BCUT2D eigenvalue weighted by Gasteiger charge is -2.13. The first kappa shape index (κ1) is 14.9. The van der Waals surface area contributed by atoms with E-state index in [1.54, 1.807) is 0 Å². The highest BCUT2D eigenvalue weighted by molar-refractivity contribution is 4.82. The summed E-state index contributed by atoms with van der Waals surface area (Å²) in [6.45, 7) is 2.56. The number of hydrogen-bond donors (Lipinski definition) is 3. The molecule has 2 atom stereocenters. The van der Waals surface area contributed by atoms with Gasteiger partial charge in [-0.2, -0.15) is 0 Å². The Hall–Kier alpha value is -0.160. The van der Waals surface area contributed by atoms with Gasteiger partial charge in [0.15, 0.2) is 0 Å². The van der Waals surface area contributed by atoms with Gasteiger partial charge >= 0.3 is 0 Å². The molecule has 0 spiro atoms. The summed E-state index contributed by atoms with van der Waals surface area (Å²) in [7, 11) is 0. The first-order valence-electron chi connectivity index (χ1n) is 6.93. The Morgan fingerprint density at radius 1 is 0.765 bits per heavy atom. The minimum Gasteiger partial charge on any atom is -0.396 e. The van der Waals surface area contributed by atoms with Crippen LogP contribution in [0.2, 0.25) is 0 Å². The Bertz CT molecular complexity index is 180. The topological polar surface area (TPSA) is 63.9 Å². The van der Waals surface area contributed by atoms with Crippen molar-refractivity contribution >= 4 is 0 Å². The van der Waals surface area contributed by atoms with Gasteiger partial charge in [0, 0.05) is 19.7 Å². The second-order valence-corrected chi connectivity index (χ2v) is 5.09. The maximum atomic E-state index is 9.38. The van der Waals surface area contributed by atoms with Crippen molar-refractivity contribution in [3.05, 3.63) is 0 Å². The Labute approximate surface area is 104 Å². The van der Waals surface area contributed by atoms with E-state index >= 15 is 0 Å². The van der Waals surface area contributed by atoms with Crippen LogP contribution in [-0.4, -0.2) is 58.7 Å². The van der Waals surface area contributed by atoms with Gasteiger partial charge in [-0.15, -0.1) is 0 Å². The van der Waals surface area contributed by atoms with E-state index in [-0.39, 0.29) is 0 Å². The van der Waals surface area contributed by atoms with Crippen molar-refractivity contribution in [1.29, 1.82) is 0 Å². The molecule has 3 N–H and O–H groups in total. The molecule has 1 aliphatic rings. The molecule has 4 heteroatoms. The van der Waals surface area contributed by atoms with E-state index in [0.717, 1.165) is 25.8 Å². The van der Waals surface area contributed by atoms with Crippen LogP contribution in [-0.2, 0) is 0 Å². The van der Waals surface area contributed by atoms with E-state index in [1.165, 1.54) is 25.7 Å². The molecule has 4 nitrogen and oxygen atoms in total. The lowest BCUT2D eigenvalue weighted by molar-refractivity contribution is 0.0572. The first-order chi connectivity index (χ1) is 8.24. The number of hydrogen-bond acceptors (Lipinski definition) is 4. The summed E-state index contributed by atoms with van der Waals surface area (Å²) in [5, 5.41) is 27.4. The second kappa shape index (κ2) is 8.86. The molecule has 102 valence electrons. The first-order valence-corrected chi connectivity index (χ1v) is 6.93. The predicted octanol–water partition coefficient (Wildman–Crippen LogP) is 0.747. The predicted molar refractivity (Wildman–Crippen MR) is 67.9 cm³/mol. The van der Waals surface area contributed by atoms with Gasteiger partial charge in [-0.1, -0.05) is 32.1 Å². The molecule has 0 aromatic rings. The number of β-amino-alcohol motifs (C(OH)–C–C–N with tert-alkyl or cyclic N) is 2. The zero-order valence-electron chi connectivity index (χ0n) is 10.7. The van der Waals surface area contributed by atoms with Gasteiger partial charge in [-0.05, 0) is 19.4 Å². The van der Waals surface area contributed by atoms with Gasteiger partial charge in [-0.25, -0.2) is 0 Å². The van der Waals surface area contributed by atoms with Crippen LogP contribution in [0, 0.1) is 0 Å². The highest BCUT2D eigenvalue weighted by atomic mass is 16.3. The van der Waals surface area contributed by atoms with Gasteiger partial charge in [0.05, 0.1) is 12.2 Å². The van der Waals surface area contributed by atoms with Gasteiger partial charge < -0.3 is 15.3 Å².